The average molecular weight is 262 g/mol. The minimum Gasteiger partial charge on any atom is -0.263 e. The molecule has 80 valence electrons. The third-order valence-corrected chi connectivity index (χ3v) is 6.58. The minimum absolute atomic E-state index is 0.0869. The van der Waals surface area contributed by atoms with Crippen molar-refractivity contribution in [3.8, 4) is 0 Å². The zero-order valence-corrected chi connectivity index (χ0v) is 10.4. The fourth-order valence-corrected chi connectivity index (χ4v) is 4.57. The van der Waals surface area contributed by atoms with Gasteiger partial charge < -0.3 is 0 Å². The van der Waals surface area contributed by atoms with E-state index in [4.69, 9.17) is 0 Å². The largest absolute Gasteiger partial charge is 0.280 e. The molecular formula is C10H16BrNO2. The topological polar surface area (TPSA) is 43.1 Å². The van der Waals surface area contributed by atoms with Crippen LogP contribution in [-0.2, 0) is 0 Å². The second-order valence-electron chi connectivity index (χ2n) is 5.51. The molecule has 2 unspecified atom stereocenters. The summed E-state index contributed by atoms with van der Waals surface area (Å²) in [6, 6.07) is 0. The van der Waals surface area contributed by atoms with Crippen molar-refractivity contribution in [2.75, 3.05) is 0 Å². The summed E-state index contributed by atoms with van der Waals surface area (Å²) in [5.74, 6) is 0.497. The molecule has 2 aliphatic rings. The van der Waals surface area contributed by atoms with E-state index in [0.717, 1.165) is 12.8 Å². The maximum absolute atomic E-state index is 11.2. The summed E-state index contributed by atoms with van der Waals surface area (Å²) in [7, 11) is 0. The fourth-order valence-electron chi connectivity index (χ4n) is 3.47. The van der Waals surface area contributed by atoms with Crippen LogP contribution in [0.15, 0.2) is 0 Å². The summed E-state index contributed by atoms with van der Waals surface area (Å²) >= 11 is 3.40. The standard InChI is InChI=1S/C10H16BrNO2/c1-8(2)7-4-5-9(8,3)10(11,6-7)12(13)14/h7H,4-6H2,1-3H3/t7?,9?,10-/m1/s1. The molecule has 0 amide bonds. The minimum atomic E-state index is -0.883. The van der Waals surface area contributed by atoms with E-state index in [-0.39, 0.29) is 15.8 Å². The fraction of sp³-hybridized carbons (Fsp3) is 1.00. The Bertz CT molecular complexity index is 304. The summed E-state index contributed by atoms with van der Waals surface area (Å²) in [4.78, 5) is 11.0. The van der Waals surface area contributed by atoms with E-state index in [1.807, 2.05) is 0 Å². The Morgan fingerprint density at radius 2 is 2.00 bits per heavy atom. The lowest BCUT2D eigenvalue weighted by atomic mass is 9.69. The van der Waals surface area contributed by atoms with Gasteiger partial charge in [0, 0.05) is 27.3 Å². The molecule has 0 spiro atoms. The van der Waals surface area contributed by atoms with Gasteiger partial charge >= 0.3 is 0 Å². The van der Waals surface area contributed by atoms with E-state index in [1.54, 1.807) is 0 Å². The van der Waals surface area contributed by atoms with Gasteiger partial charge in [0.25, 0.3) is 4.45 Å². The van der Waals surface area contributed by atoms with Crippen LogP contribution in [0, 0.1) is 26.9 Å². The maximum atomic E-state index is 11.2. The summed E-state index contributed by atoms with van der Waals surface area (Å²) < 4.78 is -0.883. The van der Waals surface area contributed by atoms with E-state index in [9.17, 15) is 10.1 Å². The first-order valence-corrected chi connectivity index (χ1v) is 5.88. The molecule has 0 radical (unpaired) electrons. The van der Waals surface area contributed by atoms with Gasteiger partial charge in [-0.3, -0.25) is 10.1 Å². The van der Waals surface area contributed by atoms with Crippen LogP contribution in [0.2, 0.25) is 0 Å². The molecule has 2 fully saturated rings. The average Bonchev–Trinajstić information content (AvgIpc) is 2.36. The van der Waals surface area contributed by atoms with Gasteiger partial charge in [0.2, 0.25) is 0 Å². The van der Waals surface area contributed by atoms with Gasteiger partial charge in [-0.25, -0.2) is 0 Å². The molecule has 0 aromatic rings. The predicted octanol–water partition coefficient (Wildman–Crippen LogP) is 3.20. The molecule has 0 saturated heterocycles. The number of nitro groups is 1. The maximum Gasteiger partial charge on any atom is 0.280 e. The highest BCUT2D eigenvalue weighted by Crippen LogP contribution is 2.72. The van der Waals surface area contributed by atoms with Crippen LogP contribution in [0.25, 0.3) is 0 Å². The van der Waals surface area contributed by atoms with E-state index in [2.05, 4.69) is 36.7 Å². The van der Waals surface area contributed by atoms with Crippen molar-refractivity contribution in [2.45, 2.75) is 44.5 Å². The number of rotatable bonds is 1. The van der Waals surface area contributed by atoms with Gasteiger partial charge in [0.15, 0.2) is 0 Å². The van der Waals surface area contributed by atoms with E-state index in [0.29, 0.717) is 12.3 Å². The number of hydrogen-bond donors (Lipinski definition) is 0. The lowest BCUT2D eigenvalue weighted by Gasteiger charge is -2.38. The zero-order chi connectivity index (χ0) is 10.8. The molecular weight excluding hydrogens is 246 g/mol. The summed E-state index contributed by atoms with van der Waals surface area (Å²) in [5, 5.41) is 11.2. The summed E-state index contributed by atoms with van der Waals surface area (Å²) in [6.45, 7) is 6.42. The first-order valence-electron chi connectivity index (χ1n) is 5.09. The Hall–Kier alpha value is -0.120. The van der Waals surface area contributed by atoms with Gasteiger partial charge in [-0.2, -0.15) is 0 Å². The molecule has 3 atom stereocenters. The predicted molar refractivity (Wildman–Crippen MR) is 57.9 cm³/mol. The van der Waals surface area contributed by atoms with Crippen LogP contribution in [0.1, 0.15) is 40.0 Å². The van der Waals surface area contributed by atoms with Crippen LogP contribution in [0.3, 0.4) is 0 Å². The van der Waals surface area contributed by atoms with Crippen LogP contribution in [0.5, 0.6) is 0 Å². The number of nitrogens with zero attached hydrogens (tertiary/aromatic N) is 1. The molecule has 0 aliphatic heterocycles. The van der Waals surface area contributed by atoms with Crippen LogP contribution in [0.4, 0.5) is 0 Å². The Kier molecular flexibility index (Phi) is 1.87. The second-order valence-corrected chi connectivity index (χ2v) is 6.82. The van der Waals surface area contributed by atoms with Gasteiger partial charge in [-0.15, -0.1) is 0 Å². The van der Waals surface area contributed by atoms with Gasteiger partial charge in [-0.1, -0.05) is 20.8 Å². The highest BCUT2D eigenvalue weighted by molar-refractivity contribution is 9.10. The molecule has 4 heteroatoms. The van der Waals surface area contributed by atoms with Crippen molar-refractivity contribution < 1.29 is 4.92 Å². The van der Waals surface area contributed by atoms with Gasteiger partial charge in [-0.05, 0) is 24.2 Å². The van der Waals surface area contributed by atoms with Crippen molar-refractivity contribution in [2.24, 2.45) is 16.7 Å². The quantitative estimate of drug-likeness (QED) is 0.315. The number of halogens is 1. The Morgan fingerprint density at radius 3 is 2.21 bits per heavy atom. The van der Waals surface area contributed by atoms with Crippen LogP contribution < -0.4 is 0 Å². The van der Waals surface area contributed by atoms with E-state index in [1.165, 1.54) is 0 Å². The molecule has 0 aromatic heterocycles. The Balaban J connectivity index is 2.50. The monoisotopic (exact) mass is 261 g/mol. The molecule has 14 heavy (non-hydrogen) atoms. The molecule has 3 nitrogen and oxygen atoms in total. The van der Waals surface area contributed by atoms with Crippen molar-refractivity contribution >= 4 is 15.9 Å². The number of fused-ring (bicyclic) bond motifs is 2. The molecule has 0 aromatic carbocycles. The molecule has 2 aliphatic carbocycles. The molecule has 2 saturated carbocycles. The van der Waals surface area contributed by atoms with E-state index >= 15 is 0 Å². The number of alkyl halides is 1. The summed E-state index contributed by atoms with van der Waals surface area (Å²) in [6.07, 6.45) is 2.80. The Labute approximate surface area is 92.5 Å². The van der Waals surface area contributed by atoms with Gasteiger partial charge in [0.1, 0.15) is 0 Å². The van der Waals surface area contributed by atoms with Gasteiger partial charge in [0.05, 0.1) is 5.41 Å². The first-order chi connectivity index (χ1) is 6.26. The highest BCUT2D eigenvalue weighted by Gasteiger charge is 2.74. The second kappa shape index (κ2) is 2.52. The Morgan fingerprint density at radius 1 is 1.43 bits per heavy atom. The van der Waals surface area contributed by atoms with Crippen LogP contribution >= 0.6 is 15.9 Å². The first kappa shape index (κ1) is 10.4. The smallest absolute Gasteiger partial charge is 0.263 e. The third kappa shape index (κ3) is 0.841. The molecule has 2 bridgehead atoms. The van der Waals surface area contributed by atoms with Crippen LogP contribution in [-0.4, -0.2) is 9.37 Å². The lowest BCUT2D eigenvalue weighted by molar-refractivity contribution is -0.555. The molecule has 0 N–H and O–H groups in total. The van der Waals surface area contributed by atoms with Crippen molar-refractivity contribution in [3.05, 3.63) is 10.1 Å². The lowest BCUT2D eigenvalue weighted by Crippen LogP contribution is -2.48. The SMILES string of the molecule is CC1(C)C2CCC1(C)[C@](Br)([N+](=O)[O-])C2. The zero-order valence-electron chi connectivity index (χ0n) is 8.84. The number of hydrogen-bond acceptors (Lipinski definition) is 2. The third-order valence-electron chi connectivity index (χ3n) is 5.09. The molecule has 2 rings (SSSR count). The van der Waals surface area contributed by atoms with Crippen molar-refractivity contribution in [3.63, 3.8) is 0 Å². The van der Waals surface area contributed by atoms with Crippen molar-refractivity contribution in [1.82, 2.24) is 0 Å². The van der Waals surface area contributed by atoms with Crippen molar-refractivity contribution in [1.29, 1.82) is 0 Å². The van der Waals surface area contributed by atoms with E-state index < -0.39 is 4.45 Å². The molecule has 0 heterocycles. The highest BCUT2D eigenvalue weighted by atomic mass is 79.9. The normalized spacial score (nSPS) is 49.6. The summed E-state index contributed by atoms with van der Waals surface area (Å²) in [5.41, 5.74) is -0.113.